The van der Waals surface area contributed by atoms with Crippen molar-refractivity contribution in [2.45, 2.75) is 51.2 Å². The van der Waals surface area contributed by atoms with Gasteiger partial charge in [0.15, 0.2) is 5.82 Å². The van der Waals surface area contributed by atoms with E-state index in [1.165, 1.54) is 13.2 Å². The minimum atomic E-state index is -0.944. The monoisotopic (exact) mass is 755 g/mol. The molecule has 2 atom stereocenters. The van der Waals surface area contributed by atoms with Crippen LogP contribution in [-0.2, 0) is 27.3 Å². The number of H-pyrrole nitrogens is 2. The summed E-state index contributed by atoms with van der Waals surface area (Å²) in [5.74, 6) is 0.766. The Labute approximate surface area is 323 Å². The fourth-order valence-corrected chi connectivity index (χ4v) is 6.93. The van der Waals surface area contributed by atoms with Crippen molar-refractivity contribution >= 4 is 17.9 Å². The smallest absolute Gasteiger partial charge is 0.407 e. The minimum absolute atomic E-state index is 0.0333. The highest BCUT2D eigenvalue weighted by Gasteiger charge is 2.37. The first-order valence-corrected chi connectivity index (χ1v) is 18.5. The van der Waals surface area contributed by atoms with Crippen LogP contribution in [0.4, 0.5) is 9.18 Å². The molecule has 0 spiro atoms. The van der Waals surface area contributed by atoms with E-state index in [1.807, 2.05) is 43.3 Å². The average molecular weight is 756 g/mol. The molecule has 0 bridgehead atoms. The summed E-state index contributed by atoms with van der Waals surface area (Å²) in [6.45, 7) is 3.48. The molecule has 1 fully saturated rings. The van der Waals surface area contributed by atoms with Crippen LogP contribution in [-0.4, -0.2) is 77.8 Å². The molecule has 7 rings (SSSR count). The van der Waals surface area contributed by atoms with E-state index in [0.29, 0.717) is 83.6 Å². The number of rotatable bonds is 13. The van der Waals surface area contributed by atoms with Crippen LogP contribution in [0.1, 0.15) is 61.0 Å². The zero-order valence-corrected chi connectivity index (χ0v) is 31.1. The van der Waals surface area contributed by atoms with E-state index in [-0.39, 0.29) is 17.9 Å². The standard InChI is InChI=1S/C42H42FN9O4/c1-3-18-51(37(53)20-27-11-6-4-7-12-27)26-36-44-24-33(48-36)30-22-45-39(46-23-30)29-16-17-31(32(43)21-29)34-25-47-40(49-34)35-15-10-19-52(35)41(54)38(50-42(55)56-2)28-13-8-5-9-14-28/h4-9,11-14,16-17,21-25,35,38H,3,10,15,18-20,26H2,1-2H3,(H,44,48)(H,47,49)(H,50,55)/t35-,38+/m0/s1. The lowest BCUT2D eigenvalue weighted by molar-refractivity contribution is -0.134. The zero-order chi connectivity index (χ0) is 39.0. The number of likely N-dealkylation sites (tertiary alicyclic amines) is 1. The van der Waals surface area contributed by atoms with Crippen molar-refractivity contribution in [3.8, 4) is 33.9 Å². The Hall–Kier alpha value is -6.70. The van der Waals surface area contributed by atoms with Crippen molar-refractivity contribution in [2.24, 2.45) is 0 Å². The maximum absolute atomic E-state index is 15.7. The summed E-state index contributed by atoms with van der Waals surface area (Å²) in [6.07, 6.45) is 8.41. The molecule has 4 heterocycles. The number of nitrogens with zero attached hydrogens (tertiary/aromatic N) is 6. The molecule has 1 saturated heterocycles. The molecule has 14 heteroatoms. The summed E-state index contributed by atoms with van der Waals surface area (Å²) in [4.78, 5) is 67.2. The molecule has 13 nitrogen and oxygen atoms in total. The van der Waals surface area contributed by atoms with E-state index in [4.69, 9.17) is 9.72 Å². The van der Waals surface area contributed by atoms with Crippen LogP contribution in [0.2, 0.25) is 0 Å². The lowest BCUT2D eigenvalue weighted by Gasteiger charge is -2.28. The average Bonchev–Trinajstić information content (AvgIpc) is 4.02. The number of hydrogen-bond donors (Lipinski definition) is 3. The van der Waals surface area contributed by atoms with Crippen molar-refractivity contribution in [3.63, 3.8) is 0 Å². The molecular formula is C42H42FN9O4. The number of imidazole rings is 2. The molecule has 56 heavy (non-hydrogen) atoms. The number of carbonyl (C=O) groups is 3. The predicted octanol–water partition coefficient (Wildman–Crippen LogP) is 6.81. The van der Waals surface area contributed by atoms with Gasteiger partial charge >= 0.3 is 6.09 Å². The van der Waals surface area contributed by atoms with Gasteiger partial charge in [-0.25, -0.2) is 29.1 Å². The van der Waals surface area contributed by atoms with Gasteiger partial charge in [-0.2, -0.15) is 0 Å². The van der Waals surface area contributed by atoms with Gasteiger partial charge in [0.25, 0.3) is 5.91 Å². The summed E-state index contributed by atoms with van der Waals surface area (Å²) in [5, 5.41) is 2.66. The summed E-state index contributed by atoms with van der Waals surface area (Å²) in [5.41, 5.74) is 4.15. The molecule has 0 radical (unpaired) electrons. The molecule has 286 valence electrons. The van der Waals surface area contributed by atoms with E-state index < -0.39 is 18.0 Å². The van der Waals surface area contributed by atoms with Crippen LogP contribution in [0.25, 0.3) is 33.9 Å². The van der Waals surface area contributed by atoms with Crippen LogP contribution >= 0.6 is 0 Å². The van der Waals surface area contributed by atoms with Crippen molar-refractivity contribution < 1.29 is 23.5 Å². The Bertz CT molecular complexity index is 2280. The van der Waals surface area contributed by atoms with Crippen LogP contribution in [0.3, 0.4) is 0 Å². The number of benzene rings is 3. The van der Waals surface area contributed by atoms with Gasteiger partial charge in [-0.05, 0) is 42.5 Å². The SMILES string of the molecule is CCCN(Cc1nc(-c2cnc(-c3ccc(-c4cnc([C@@H]5CCCN5C(=O)[C@H](NC(=O)OC)c5ccccc5)[nH]4)c(F)c3)nc2)c[nH]1)C(=O)Cc1ccccc1. The molecule has 6 aromatic rings. The second kappa shape index (κ2) is 17.2. The van der Waals surface area contributed by atoms with Crippen molar-refractivity contribution in [1.29, 1.82) is 0 Å². The van der Waals surface area contributed by atoms with Crippen LogP contribution in [0.5, 0.6) is 0 Å². The maximum atomic E-state index is 15.7. The summed E-state index contributed by atoms with van der Waals surface area (Å²) in [7, 11) is 1.25. The van der Waals surface area contributed by atoms with E-state index in [2.05, 4.69) is 30.2 Å². The Morgan fingerprint density at radius 2 is 1.73 bits per heavy atom. The van der Waals surface area contributed by atoms with Gasteiger partial charge in [-0.1, -0.05) is 73.7 Å². The van der Waals surface area contributed by atoms with Crippen LogP contribution < -0.4 is 5.32 Å². The second-order valence-electron chi connectivity index (χ2n) is 13.6. The minimum Gasteiger partial charge on any atom is -0.453 e. The van der Waals surface area contributed by atoms with Gasteiger partial charge in [0.1, 0.15) is 23.5 Å². The molecule has 0 unspecified atom stereocenters. The third-order valence-corrected chi connectivity index (χ3v) is 9.76. The van der Waals surface area contributed by atoms with Gasteiger partial charge in [-0.15, -0.1) is 0 Å². The zero-order valence-electron chi connectivity index (χ0n) is 31.1. The number of carbonyl (C=O) groups excluding carboxylic acids is 3. The van der Waals surface area contributed by atoms with E-state index in [1.54, 1.807) is 71.0 Å². The highest BCUT2D eigenvalue weighted by atomic mass is 19.1. The highest BCUT2D eigenvalue weighted by Crippen LogP contribution is 2.35. The van der Waals surface area contributed by atoms with Gasteiger partial charge in [-0.3, -0.25) is 9.59 Å². The summed E-state index contributed by atoms with van der Waals surface area (Å²) >= 11 is 0. The number of nitrogens with one attached hydrogen (secondary N) is 3. The molecule has 3 amide bonds. The Morgan fingerprint density at radius 3 is 2.45 bits per heavy atom. The van der Waals surface area contributed by atoms with Gasteiger partial charge in [0.2, 0.25) is 5.91 Å². The van der Waals surface area contributed by atoms with Crippen molar-refractivity contribution in [2.75, 3.05) is 20.2 Å². The third-order valence-electron chi connectivity index (χ3n) is 9.76. The lowest BCUT2D eigenvalue weighted by Crippen LogP contribution is -2.42. The predicted molar refractivity (Wildman–Crippen MR) is 207 cm³/mol. The number of amides is 3. The van der Waals surface area contributed by atoms with E-state index in [9.17, 15) is 14.4 Å². The fourth-order valence-electron chi connectivity index (χ4n) is 6.93. The topological polar surface area (TPSA) is 162 Å². The number of aromatic nitrogens is 6. The van der Waals surface area contributed by atoms with E-state index in [0.717, 1.165) is 18.4 Å². The molecule has 3 aromatic carbocycles. The molecule has 1 aliphatic heterocycles. The number of aromatic amines is 2. The normalized spacial score (nSPS) is 14.3. The second-order valence-corrected chi connectivity index (χ2v) is 13.6. The van der Waals surface area contributed by atoms with Crippen LogP contribution in [0, 0.1) is 5.82 Å². The van der Waals surface area contributed by atoms with Gasteiger partial charge < -0.3 is 29.8 Å². The summed E-state index contributed by atoms with van der Waals surface area (Å²) < 4.78 is 20.5. The Kier molecular flexibility index (Phi) is 11.5. The lowest BCUT2D eigenvalue weighted by atomic mass is 10.1. The molecular weight excluding hydrogens is 714 g/mol. The largest absolute Gasteiger partial charge is 0.453 e. The highest BCUT2D eigenvalue weighted by molar-refractivity contribution is 5.87. The Morgan fingerprint density at radius 1 is 0.982 bits per heavy atom. The molecule has 0 aliphatic carbocycles. The van der Waals surface area contributed by atoms with Crippen molar-refractivity contribution in [1.82, 2.24) is 45.0 Å². The van der Waals surface area contributed by atoms with E-state index >= 15 is 4.39 Å². The number of hydrogen-bond acceptors (Lipinski definition) is 8. The van der Waals surface area contributed by atoms with Crippen molar-refractivity contribution in [3.05, 3.63) is 132 Å². The maximum Gasteiger partial charge on any atom is 0.407 e. The third kappa shape index (κ3) is 8.49. The number of methoxy groups -OCH3 is 1. The molecule has 1 aliphatic rings. The summed E-state index contributed by atoms with van der Waals surface area (Å²) in [6, 6.07) is 22.1. The molecule has 0 saturated carbocycles. The number of halogens is 1. The molecule has 3 aromatic heterocycles. The quantitative estimate of drug-likeness (QED) is 0.116. The molecule has 3 N–H and O–H groups in total. The number of ether oxygens (including phenoxy) is 1. The number of alkyl carbamates (subject to hydrolysis) is 1. The van der Waals surface area contributed by atoms with Gasteiger partial charge in [0.05, 0.1) is 43.7 Å². The first kappa shape index (κ1) is 37.6. The van der Waals surface area contributed by atoms with Crippen LogP contribution in [0.15, 0.2) is 104 Å². The van der Waals surface area contributed by atoms with Gasteiger partial charge in [0, 0.05) is 48.4 Å². The fraction of sp³-hybridized carbons (Fsp3) is 0.262. The first-order valence-electron chi connectivity index (χ1n) is 18.5. The Balaban J connectivity index is 1.02. The first-order chi connectivity index (χ1) is 27.3.